The summed E-state index contributed by atoms with van der Waals surface area (Å²) in [5, 5.41) is 8.63. The Kier molecular flexibility index (Phi) is 8.81. The molecule has 0 aromatic carbocycles. The zero-order chi connectivity index (χ0) is 16.4. The van der Waals surface area contributed by atoms with Gasteiger partial charge in [-0.25, -0.2) is 0 Å². The summed E-state index contributed by atoms with van der Waals surface area (Å²) in [5.74, 6) is 1.19. The standard InChI is InChI=1S/C20H27N/c1-15(2)8-10-17(4)19(6)12-13-20(7)18(5)11-9-16(3)14-21/h9,11-13,15,17H,3,5-8,10H2,1-2,4H3/b11-9-,13-12-. The highest BCUT2D eigenvalue weighted by Gasteiger charge is 2.05. The van der Waals surface area contributed by atoms with E-state index in [4.69, 9.17) is 5.26 Å². The molecule has 0 fully saturated rings. The minimum Gasteiger partial charge on any atom is -0.192 e. The second-order valence-corrected chi connectivity index (χ2v) is 5.80. The molecule has 0 aliphatic heterocycles. The van der Waals surface area contributed by atoms with Crippen LogP contribution in [0.3, 0.4) is 0 Å². The lowest BCUT2D eigenvalue weighted by atomic mass is 9.93. The minimum absolute atomic E-state index is 0.402. The first-order valence-electron chi connectivity index (χ1n) is 7.30. The highest BCUT2D eigenvalue weighted by molar-refractivity contribution is 5.46. The van der Waals surface area contributed by atoms with Crippen LogP contribution in [0.2, 0.25) is 0 Å². The fourth-order valence-corrected chi connectivity index (χ4v) is 1.59. The molecule has 0 amide bonds. The molecule has 21 heavy (non-hydrogen) atoms. The summed E-state index contributed by atoms with van der Waals surface area (Å²) in [6, 6.07) is 1.96. The molecule has 0 aliphatic rings. The van der Waals surface area contributed by atoms with Crippen LogP contribution in [0.1, 0.15) is 33.6 Å². The maximum Gasteiger partial charge on any atom is 0.0985 e. The van der Waals surface area contributed by atoms with Crippen molar-refractivity contribution in [2.45, 2.75) is 33.6 Å². The van der Waals surface area contributed by atoms with Crippen LogP contribution in [0.15, 0.2) is 72.9 Å². The largest absolute Gasteiger partial charge is 0.192 e. The Morgan fingerprint density at radius 1 is 0.905 bits per heavy atom. The Labute approximate surface area is 130 Å². The average molecular weight is 281 g/mol. The Balaban J connectivity index is 4.46. The van der Waals surface area contributed by atoms with Crippen LogP contribution in [-0.4, -0.2) is 0 Å². The zero-order valence-corrected chi connectivity index (χ0v) is 13.7. The third-order valence-electron chi connectivity index (χ3n) is 3.35. The van der Waals surface area contributed by atoms with Crippen LogP contribution in [0.4, 0.5) is 0 Å². The van der Waals surface area contributed by atoms with Crippen LogP contribution < -0.4 is 0 Å². The first kappa shape index (κ1) is 18.9. The topological polar surface area (TPSA) is 23.8 Å². The Bertz CT molecular complexity index is 506. The molecule has 0 saturated carbocycles. The lowest BCUT2D eigenvalue weighted by Gasteiger charge is -2.13. The second kappa shape index (κ2) is 9.77. The van der Waals surface area contributed by atoms with Gasteiger partial charge in [-0.1, -0.05) is 77.3 Å². The smallest absolute Gasteiger partial charge is 0.0985 e. The molecule has 112 valence electrons. The van der Waals surface area contributed by atoms with Crippen molar-refractivity contribution in [1.82, 2.24) is 0 Å². The van der Waals surface area contributed by atoms with Gasteiger partial charge in [-0.3, -0.25) is 0 Å². The molecular weight excluding hydrogens is 254 g/mol. The molecule has 0 aliphatic carbocycles. The van der Waals surface area contributed by atoms with Gasteiger partial charge >= 0.3 is 0 Å². The van der Waals surface area contributed by atoms with Gasteiger partial charge in [-0.15, -0.1) is 0 Å². The number of allylic oxidation sites excluding steroid dienone is 8. The third kappa shape index (κ3) is 8.65. The lowest BCUT2D eigenvalue weighted by molar-refractivity contribution is 0.494. The van der Waals surface area contributed by atoms with Gasteiger partial charge < -0.3 is 0 Å². The molecule has 1 atom stereocenters. The molecule has 0 aromatic heterocycles. The van der Waals surface area contributed by atoms with Gasteiger partial charge in [-0.2, -0.15) is 5.26 Å². The predicted octanol–water partition coefficient (Wildman–Crippen LogP) is 5.92. The van der Waals surface area contributed by atoms with Crippen molar-refractivity contribution in [2.75, 3.05) is 0 Å². The molecule has 0 N–H and O–H groups in total. The maximum atomic E-state index is 8.63. The zero-order valence-electron chi connectivity index (χ0n) is 13.7. The van der Waals surface area contributed by atoms with Crippen LogP contribution >= 0.6 is 0 Å². The van der Waals surface area contributed by atoms with E-state index in [1.165, 1.54) is 6.42 Å². The number of nitriles is 1. The fraction of sp³-hybridized carbons (Fsp3) is 0.350. The number of nitrogens with zero attached hydrogens (tertiary/aromatic N) is 1. The van der Waals surface area contributed by atoms with Crippen LogP contribution in [0, 0.1) is 23.2 Å². The molecule has 0 spiro atoms. The van der Waals surface area contributed by atoms with E-state index in [9.17, 15) is 0 Å². The van der Waals surface area contributed by atoms with Crippen molar-refractivity contribution in [1.29, 1.82) is 5.26 Å². The molecule has 1 nitrogen and oxygen atoms in total. The summed E-state index contributed by atoms with van der Waals surface area (Å²) in [6.07, 6.45) is 9.68. The van der Waals surface area contributed by atoms with E-state index in [1.807, 2.05) is 18.2 Å². The van der Waals surface area contributed by atoms with Gasteiger partial charge in [0, 0.05) is 5.57 Å². The number of hydrogen-bond acceptors (Lipinski definition) is 1. The van der Waals surface area contributed by atoms with Gasteiger partial charge in [-0.05, 0) is 35.5 Å². The molecule has 0 saturated heterocycles. The van der Waals surface area contributed by atoms with Crippen molar-refractivity contribution in [2.24, 2.45) is 11.8 Å². The number of hydrogen-bond donors (Lipinski definition) is 0. The summed E-state index contributed by atoms with van der Waals surface area (Å²) in [5.41, 5.74) is 3.09. The van der Waals surface area contributed by atoms with Crippen LogP contribution in [0.5, 0.6) is 0 Å². The highest BCUT2D eigenvalue weighted by atomic mass is 14.2. The molecule has 0 rings (SSSR count). The SMILES string of the molecule is C=C(C#N)/C=C\C(=C)C(=C)/C=C\C(=C)C(C)CCC(C)C. The van der Waals surface area contributed by atoms with Crippen molar-refractivity contribution in [3.8, 4) is 6.07 Å². The second-order valence-electron chi connectivity index (χ2n) is 5.80. The quantitative estimate of drug-likeness (QED) is 0.380. The van der Waals surface area contributed by atoms with E-state index in [-0.39, 0.29) is 0 Å². The monoisotopic (exact) mass is 281 g/mol. The summed E-state index contributed by atoms with van der Waals surface area (Å²) >= 11 is 0. The van der Waals surface area contributed by atoms with Gasteiger partial charge in [0.1, 0.15) is 0 Å². The molecule has 0 aromatic rings. The van der Waals surface area contributed by atoms with Gasteiger partial charge in [0.15, 0.2) is 0 Å². The molecule has 1 unspecified atom stereocenters. The normalized spacial score (nSPS) is 12.5. The van der Waals surface area contributed by atoms with E-state index >= 15 is 0 Å². The van der Waals surface area contributed by atoms with Crippen molar-refractivity contribution < 1.29 is 0 Å². The lowest BCUT2D eigenvalue weighted by Crippen LogP contribution is -1.99. The summed E-state index contributed by atoms with van der Waals surface area (Å²) in [6.45, 7) is 22.3. The van der Waals surface area contributed by atoms with E-state index < -0.39 is 0 Å². The number of rotatable bonds is 9. The van der Waals surface area contributed by atoms with E-state index in [0.29, 0.717) is 11.5 Å². The molecule has 0 heterocycles. The summed E-state index contributed by atoms with van der Waals surface area (Å²) in [4.78, 5) is 0. The molecule has 1 heteroatoms. The summed E-state index contributed by atoms with van der Waals surface area (Å²) < 4.78 is 0. The van der Waals surface area contributed by atoms with Crippen LogP contribution in [-0.2, 0) is 0 Å². The first-order valence-corrected chi connectivity index (χ1v) is 7.30. The fourth-order valence-electron chi connectivity index (χ4n) is 1.59. The molecule has 0 bridgehead atoms. The summed E-state index contributed by atoms with van der Waals surface area (Å²) in [7, 11) is 0. The van der Waals surface area contributed by atoms with Crippen molar-refractivity contribution in [3.05, 3.63) is 72.9 Å². The van der Waals surface area contributed by atoms with Gasteiger partial charge in [0.25, 0.3) is 0 Å². The van der Waals surface area contributed by atoms with Gasteiger partial charge in [0.2, 0.25) is 0 Å². The average Bonchev–Trinajstić information content (AvgIpc) is 2.46. The van der Waals surface area contributed by atoms with Crippen molar-refractivity contribution in [3.63, 3.8) is 0 Å². The molecular formula is C20H27N. The minimum atomic E-state index is 0.402. The Morgan fingerprint density at radius 3 is 1.90 bits per heavy atom. The Hall–Kier alpha value is -2.07. The third-order valence-corrected chi connectivity index (χ3v) is 3.35. The van der Waals surface area contributed by atoms with Crippen LogP contribution in [0.25, 0.3) is 0 Å². The van der Waals surface area contributed by atoms with E-state index in [0.717, 1.165) is 29.1 Å². The Morgan fingerprint density at radius 2 is 1.43 bits per heavy atom. The predicted molar refractivity (Wildman–Crippen MR) is 93.7 cm³/mol. The molecule has 0 radical (unpaired) electrons. The maximum absolute atomic E-state index is 8.63. The van der Waals surface area contributed by atoms with Gasteiger partial charge in [0.05, 0.1) is 6.07 Å². The highest BCUT2D eigenvalue weighted by Crippen LogP contribution is 2.20. The van der Waals surface area contributed by atoms with E-state index in [2.05, 4.69) is 47.1 Å². The first-order chi connectivity index (χ1) is 9.77. The van der Waals surface area contributed by atoms with Crippen molar-refractivity contribution >= 4 is 0 Å². The van der Waals surface area contributed by atoms with E-state index in [1.54, 1.807) is 12.2 Å².